The molecule has 1 atom stereocenters. The summed E-state index contributed by atoms with van der Waals surface area (Å²) in [6.45, 7) is 2.12. The Kier molecular flexibility index (Phi) is 5.79. The smallest absolute Gasteiger partial charge is 0.295 e. The standard InChI is InChI=1S/C27H22BrN3O3/c1-17-23(30-14-6-5-12-21(30)29-17)25(32)22-24(19-10-7-11-20(28)16-19)31(27(34)26(22)33)15-13-18-8-3-2-4-9-18/h2-12,14,16,24,32H,13,15H2,1H3. The van der Waals surface area contributed by atoms with Crippen molar-refractivity contribution in [2.75, 3.05) is 6.54 Å². The highest BCUT2D eigenvalue weighted by atomic mass is 79.9. The number of aryl methyl sites for hydroxylation is 1. The van der Waals surface area contributed by atoms with Gasteiger partial charge in [-0.3, -0.25) is 14.0 Å². The first kappa shape index (κ1) is 22.1. The van der Waals surface area contributed by atoms with Crippen LogP contribution in [0.15, 0.2) is 89.0 Å². The first-order chi connectivity index (χ1) is 16.5. The second kappa shape index (κ2) is 8.91. The van der Waals surface area contributed by atoms with Crippen molar-refractivity contribution in [3.8, 4) is 0 Å². The lowest BCUT2D eigenvalue weighted by molar-refractivity contribution is -0.139. The molecule has 0 radical (unpaired) electrons. The SMILES string of the molecule is Cc1nc2ccccn2c1C(O)=C1C(=O)C(=O)N(CCc2ccccc2)C1c1cccc(Br)c1. The predicted molar refractivity (Wildman–Crippen MR) is 133 cm³/mol. The fourth-order valence-corrected chi connectivity index (χ4v) is 4.97. The minimum Gasteiger partial charge on any atom is -0.505 e. The molecule has 5 rings (SSSR count). The second-order valence-electron chi connectivity index (χ2n) is 8.26. The number of hydrogen-bond acceptors (Lipinski definition) is 4. The maximum Gasteiger partial charge on any atom is 0.295 e. The molecule has 170 valence electrons. The predicted octanol–water partition coefficient (Wildman–Crippen LogP) is 5.07. The molecule has 1 amide bonds. The molecule has 1 saturated heterocycles. The third-order valence-electron chi connectivity index (χ3n) is 6.12. The summed E-state index contributed by atoms with van der Waals surface area (Å²) in [5.74, 6) is -1.53. The number of benzene rings is 2. The van der Waals surface area contributed by atoms with Crippen LogP contribution in [0, 0.1) is 6.92 Å². The third kappa shape index (κ3) is 3.82. The van der Waals surface area contributed by atoms with E-state index in [1.165, 1.54) is 0 Å². The van der Waals surface area contributed by atoms with Gasteiger partial charge in [0.05, 0.1) is 17.3 Å². The van der Waals surface area contributed by atoms with E-state index in [2.05, 4.69) is 20.9 Å². The average molecular weight is 516 g/mol. The number of amides is 1. The molecule has 6 nitrogen and oxygen atoms in total. The number of aliphatic hydroxyl groups excluding tert-OH is 1. The number of carbonyl (C=O) groups is 2. The molecule has 3 heterocycles. The summed E-state index contributed by atoms with van der Waals surface area (Å²) in [7, 11) is 0. The Balaban J connectivity index is 1.66. The number of rotatable bonds is 5. The molecule has 0 aliphatic carbocycles. The van der Waals surface area contributed by atoms with Crippen molar-refractivity contribution in [2.45, 2.75) is 19.4 Å². The number of imidazole rings is 1. The Labute approximate surface area is 205 Å². The zero-order valence-corrected chi connectivity index (χ0v) is 20.1. The number of carbonyl (C=O) groups excluding carboxylic acids is 2. The van der Waals surface area contributed by atoms with Gasteiger partial charge in [-0.05, 0) is 48.7 Å². The maximum absolute atomic E-state index is 13.3. The van der Waals surface area contributed by atoms with Gasteiger partial charge in [-0.25, -0.2) is 4.98 Å². The van der Waals surface area contributed by atoms with E-state index in [0.717, 1.165) is 15.6 Å². The summed E-state index contributed by atoms with van der Waals surface area (Å²) in [5.41, 5.74) is 3.53. The number of aliphatic hydroxyl groups is 1. The Morgan fingerprint density at radius 3 is 2.56 bits per heavy atom. The Bertz CT molecular complexity index is 1440. The van der Waals surface area contributed by atoms with E-state index in [9.17, 15) is 14.7 Å². The Morgan fingerprint density at radius 2 is 1.79 bits per heavy atom. The average Bonchev–Trinajstić information content (AvgIpc) is 3.31. The van der Waals surface area contributed by atoms with Gasteiger partial charge in [0, 0.05) is 17.2 Å². The highest BCUT2D eigenvalue weighted by Gasteiger charge is 2.46. The van der Waals surface area contributed by atoms with Crippen molar-refractivity contribution in [3.63, 3.8) is 0 Å². The third-order valence-corrected chi connectivity index (χ3v) is 6.61. The number of halogens is 1. The molecule has 1 fully saturated rings. The van der Waals surface area contributed by atoms with Crippen molar-refractivity contribution in [2.24, 2.45) is 0 Å². The van der Waals surface area contributed by atoms with Gasteiger partial charge >= 0.3 is 0 Å². The van der Waals surface area contributed by atoms with Crippen LogP contribution in [-0.2, 0) is 16.0 Å². The highest BCUT2D eigenvalue weighted by molar-refractivity contribution is 9.10. The lowest BCUT2D eigenvalue weighted by Gasteiger charge is -2.25. The molecule has 2 aromatic carbocycles. The van der Waals surface area contributed by atoms with E-state index in [-0.39, 0.29) is 11.3 Å². The summed E-state index contributed by atoms with van der Waals surface area (Å²) in [6, 6.07) is 22.1. The van der Waals surface area contributed by atoms with Gasteiger partial charge in [0.1, 0.15) is 11.3 Å². The van der Waals surface area contributed by atoms with Crippen molar-refractivity contribution in [1.82, 2.24) is 14.3 Å². The molecule has 1 aliphatic rings. The number of hydrogen-bond donors (Lipinski definition) is 1. The maximum atomic E-state index is 13.3. The molecule has 0 spiro atoms. The molecule has 1 aliphatic heterocycles. The Morgan fingerprint density at radius 1 is 1.03 bits per heavy atom. The zero-order chi connectivity index (χ0) is 23.8. The molecule has 1 unspecified atom stereocenters. The topological polar surface area (TPSA) is 74.9 Å². The van der Waals surface area contributed by atoms with Gasteiger partial charge in [-0.1, -0.05) is 64.5 Å². The minimum absolute atomic E-state index is 0.0740. The lowest BCUT2D eigenvalue weighted by Crippen LogP contribution is -2.31. The van der Waals surface area contributed by atoms with Crippen LogP contribution in [0.1, 0.15) is 28.6 Å². The molecule has 2 aromatic heterocycles. The van der Waals surface area contributed by atoms with Crippen LogP contribution in [0.5, 0.6) is 0 Å². The van der Waals surface area contributed by atoms with Crippen molar-refractivity contribution < 1.29 is 14.7 Å². The van der Waals surface area contributed by atoms with E-state index < -0.39 is 17.7 Å². The number of nitrogens with zero attached hydrogens (tertiary/aromatic N) is 3. The zero-order valence-electron chi connectivity index (χ0n) is 18.5. The van der Waals surface area contributed by atoms with Crippen LogP contribution >= 0.6 is 15.9 Å². The second-order valence-corrected chi connectivity index (χ2v) is 9.17. The molecule has 7 heteroatoms. The van der Waals surface area contributed by atoms with Crippen LogP contribution in [0.2, 0.25) is 0 Å². The number of Topliss-reactive ketones (excluding diaryl/α,β-unsaturated/α-hetero) is 1. The minimum atomic E-state index is -0.713. The number of pyridine rings is 1. The van der Waals surface area contributed by atoms with Gasteiger partial charge < -0.3 is 10.0 Å². The first-order valence-electron chi connectivity index (χ1n) is 11.0. The molecular formula is C27H22BrN3O3. The molecule has 34 heavy (non-hydrogen) atoms. The van der Waals surface area contributed by atoms with Crippen molar-refractivity contribution in [3.05, 3.63) is 112 Å². The van der Waals surface area contributed by atoms with Crippen molar-refractivity contribution in [1.29, 1.82) is 0 Å². The quantitative estimate of drug-likeness (QED) is 0.228. The van der Waals surface area contributed by atoms with Crippen LogP contribution < -0.4 is 0 Å². The van der Waals surface area contributed by atoms with E-state index in [1.54, 1.807) is 22.4 Å². The van der Waals surface area contributed by atoms with Crippen LogP contribution in [0.3, 0.4) is 0 Å². The molecule has 0 saturated carbocycles. The van der Waals surface area contributed by atoms with Crippen LogP contribution in [0.4, 0.5) is 0 Å². The van der Waals surface area contributed by atoms with E-state index in [4.69, 9.17) is 0 Å². The molecule has 1 N–H and O–H groups in total. The fourth-order valence-electron chi connectivity index (χ4n) is 4.55. The largest absolute Gasteiger partial charge is 0.505 e. The lowest BCUT2D eigenvalue weighted by atomic mass is 9.96. The summed E-state index contributed by atoms with van der Waals surface area (Å²) in [6.07, 6.45) is 2.37. The van der Waals surface area contributed by atoms with Crippen LogP contribution in [0.25, 0.3) is 11.4 Å². The first-order valence-corrected chi connectivity index (χ1v) is 11.8. The van der Waals surface area contributed by atoms with Gasteiger partial charge in [0.15, 0.2) is 5.76 Å². The van der Waals surface area contributed by atoms with Gasteiger partial charge in [0.25, 0.3) is 11.7 Å². The van der Waals surface area contributed by atoms with Gasteiger partial charge in [-0.2, -0.15) is 0 Å². The Hall–Kier alpha value is -3.71. The normalized spacial score (nSPS) is 17.6. The van der Waals surface area contributed by atoms with Gasteiger partial charge in [0.2, 0.25) is 0 Å². The summed E-state index contributed by atoms with van der Waals surface area (Å²) < 4.78 is 2.56. The summed E-state index contributed by atoms with van der Waals surface area (Å²) >= 11 is 3.49. The molecular weight excluding hydrogens is 494 g/mol. The molecule has 0 bridgehead atoms. The number of likely N-dealkylation sites (tertiary alicyclic amines) is 1. The number of aromatic nitrogens is 2. The van der Waals surface area contributed by atoms with E-state index in [0.29, 0.717) is 30.0 Å². The van der Waals surface area contributed by atoms with Crippen molar-refractivity contribution >= 4 is 39.0 Å². The van der Waals surface area contributed by atoms with Gasteiger partial charge in [-0.15, -0.1) is 0 Å². The van der Waals surface area contributed by atoms with E-state index >= 15 is 0 Å². The fraction of sp³-hybridized carbons (Fsp3) is 0.148. The summed E-state index contributed by atoms with van der Waals surface area (Å²) in [4.78, 5) is 32.6. The van der Waals surface area contributed by atoms with Crippen LogP contribution in [-0.4, -0.2) is 37.6 Å². The number of ketones is 1. The summed E-state index contributed by atoms with van der Waals surface area (Å²) in [5, 5.41) is 11.5. The monoisotopic (exact) mass is 515 g/mol. The highest BCUT2D eigenvalue weighted by Crippen LogP contribution is 2.40. The molecule has 4 aromatic rings. The van der Waals surface area contributed by atoms with E-state index in [1.807, 2.05) is 72.8 Å². The number of fused-ring (bicyclic) bond motifs is 1.